The van der Waals surface area contributed by atoms with Crippen molar-refractivity contribution in [3.63, 3.8) is 0 Å². The number of alkyl halides is 3. The van der Waals surface area contributed by atoms with Crippen LogP contribution in [0.4, 0.5) is 18.9 Å². The van der Waals surface area contributed by atoms with Gasteiger partial charge in [-0.15, -0.1) is 0 Å². The Labute approximate surface area is 133 Å². The number of nitro benzene ring substituents is 1. The number of phenols is 1. The van der Waals surface area contributed by atoms with Crippen molar-refractivity contribution in [2.45, 2.75) is 18.6 Å². The Kier molecular flexibility index (Phi) is 4.62. The van der Waals surface area contributed by atoms with Crippen molar-refractivity contribution in [1.29, 1.82) is 0 Å². The molecule has 11 heteroatoms. The summed E-state index contributed by atoms with van der Waals surface area (Å²) < 4.78 is 37.0. The van der Waals surface area contributed by atoms with Gasteiger partial charge in [-0.25, -0.2) is 0 Å². The highest BCUT2D eigenvalue weighted by molar-refractivity contribution is 5.97. The van der Waals surface area contributed by atoms with Gasteiger partial charge >= 0.3 is 6.18 Å². The van der Waals surface area contributed by atoms with E-state index in [-0.39, 0.29) is 18.5 Å². The number of nitro groups is 1. The number of nitrogens with one attached hydrogen (secondary N) is 1. The Morgan fingerprint density at radius 2 is 2.12 bits per heavy atom. The van der Waals surface area contributed by atoms with E-state index in [9.17, 15) is 38.0 Å². The number of aromatic hydroxyl groups is 1. The molecule has 1 saturated heterocycles. The van der Waals surface area contributed by atoms with Crippen molar-refractivity contribution in [2.24, 2.45) is 0 Å². The van der Waals surface area contributed by atoms with Crippen molar-refractivity contribution < 1.29 is 32.8 Å². The maximum absolute atomic E-state index is 12.3. The molecular weight excluding hydrogens is 335 g/mol. The molecule has 0 spiro atoms. The molecular formula is C13H12F3N3O5. The maximum atomic E-state index is 12.3. The van der Waals surface area contributed by atoms with Crippen LogP contribution in [-0.2, 0) is 4.79 Å². The number of likely N-dealkylation sites (tertiary alicyclic amines) is 1. The molecule has 2 amide bonds. The fraction of sp³-hybridized carbons (Fsp3) is 0.385. The molecule has 1 heterocycles. The van der Waals surface area contributed by atoms with Gasteiger partial charge in [0.05, 0.1) is 22.6 Å². The summed E-state index contributed by atoms with van der Waals surface area (Å²) in [7, 11) is 0. The minimum Gasteiger partial charge on any atom is -0.507 e. The molecule has 0 bridgehead atoms. The van der Waals surface area contributed by atoms with Crippen molar-refractivity contribution in [2.75, 3.05) is 13.1 Å². The van der Waals surface area contributed by atoms with Crippen LogP contribution in [0.25, 0.3) is 0 Å². The highest BCUT2D eigenvalue weighted by Crippen LogP contribution is 2.24. The first-order chi connectivity index (χ1) is 11.1. The van der Waals surface area contributed by atoms with Crippen LogP contribution in [0.1, 0.15) is 16.8 Å². The molecule has 0 unspecified atom stereocenters. The van der Waals surface area contributed by atoms with E-state index in [1.165, 1.54) is 0 Å². The number of non-ortho nitro benzene ring substituents is 1. The molecule has 0 saturated carbocycles. The molecule has 0 aromatic heterocycles. The minimum atomic E-state index is -4.54. The summed E-state index contributed by atoms with van der Waals surface area (Å²) in [5, 5.41) is 22.5. The van der Waals surface area contributed by atoms with Crippen LogP contribution in [0.15, 0.2) is 18.2 Å². The minimum absolute atomic E-state index is 0.276. The molecule has 1 aromatic carbocycles. The van der Waals surface area contributed by atoms with Crippen LogP contribution in [0.5, 0.6) is 5.75 Å². The molecule has 0 radical (unpaired) electrons. The second kappa shape index (κ2) is 6.34. The fourth-order valence-corrected chi connectivity index (χ4v) is 2.33. The normalized spacial score (nSPS) is 17.9. The quantitative estimate of drug-likeness (QED) is 0.628. The van der Waals surface area contributed by atoms with Gasteiger partial charge in [-0.2, -0.15) is 13.2 Å². The number of carbonyl (C=O) groups is 2. The van der Waals surface area contributed by atoms with E-state index < -0.39 is 46.9 Å². The topological polar surface area (TPSA) is 113 Å². The van der Waals surface area contributed by atoms with E-state index >= 15 is 0 Å². The second-order valence-corrected chi connectivity index (χ2v) is 5.22. The first-order valence-electron chi connectivity index (χ1n) is 6.69. The molecule has 0 aliphatic carbocycles. The molecule has 1 aliphatic rings. The van der Waals surface area contributed by atoms with Crippen LogP contribution >= 0.6 is 0 Å². The standard InChI is InChI=1S/C13H12F3N3O5/c14-13(15,16)6-18-5-7(3-11(18)21)17-12(22)9-2-1-8(19(23)24)4-10(9)20/h1-2,4,7,20H,3,5-6H2,(H,17,22)/t7-/m1/s1. The molecule has 1 fully saturated rings. The summed E-state index contributed by atoms with van der Waals surface area (Å²) in [6, 6.07) is 1.96. The number of amides is 2. The van der Waals surface area contributed by atoms with Crippen molar-refractivity contribution in [1.82, 2.24) is 10.2 Å². The number of halogens is 3. The zero-order valence-corrected chi connectivity index (χ0v) is 12.0. The third-order valence-corrected chi connectivity index (χ3v) is 3.36. The Bertz CT molecular complexity index is 692. The van der Waals surface area contributed by atoms with Gasteiger partial charge in [-0.05, 0) is 6.07 Å². The third-order valence-electron chi connectivity index (χ3n) is 3.36. The average Bonchev–Trinajstić information content (AvgIpc) is 2.76. The number of hydrogen-bond acceptors (Lipinski definition) is 5. The van der Waals surface area contributed by atoms with E-state index in [2.05, 4.69) is 5.32 Å². The van der Waals surface area contributed by atoms with Crippen molar-refractivity contribution in [3.8, 4) is 5.75 Å². The summed E-state index contributed by atoms with van der Waals surface area (Å²) >= 11 is 0. The Morgan fingerprint density at radius 3 is 2.67 bits per heavy atom. The van der Waals surface area contributed by atoms with Gasteiger partial charge < -0.3 is 15.3 Å². The lowest BCUT2D eigenvalue weighted by atomic mass is 10.1. The predicted molar refractivity (Wildman–Crippen MR) is 73.3 cm³/mol. The molecule has 24 heavy (non-hydrogen) atoms. The van der Waals surface area contributed by atoms with Gasteiger partial charge in [0.2, 0.25) is 5.91 Å². The summed E-state index contributed by atoms with van der Waals surface area (Å²) in [5.74, 6) is -2.22. The van der Waals surface area contributed by atoms with Crippen LogP contribution < -0.4 is 5.32 Å². The smallest absolute Gasteiger partial charge is 0.406 e. The number of hydrogen-bond donors (Lipinski definition) is 2. The van der Waals surface area contributed by atoms with Gasteiger partial charge in [0.15, 0.2) is 0 Å². The zero-order chi connectivity index (χ0) is 18.1. The Balaban J connectivity index is 2.03. The van der Waals surface area contributed by atoms with Crippen LogP contribution in [0.2, 0.25) is 0 Å². The van der Waals surface area contributed by atoms with E-state index in [1.54, 1.807) is 0 Å². The van der Waals surface area contributed by atoms with Crippen molar-refractivity contribution in [3.05, 3.63) is 33.9 Å². The van der Waals surface area contributed by atoms with Gasteiger partial charge in [-0.3, -0.25) is 19.7 Å². The Hall–Kier alpha value is -2.85. The lowest BCUT2D eigenvalue weighted by Crippen LogP contribution is -2.39. The number of rotatable bonds is 4. The van der Waals surface area contributed by atoms with Crippen molar-refractivity contribution >= 4 is 17.5 Å². The van der Waals surface area contributed by atoms with E-state index in [1.807, 2.05) is 0 Å². The lowest BCUT2D eigenvalue weighted by Gasteiger charge is -2.18. The molecule has 1 aliphatic heterocycles. The molecule has 1 atom stereocenters. The van der Waals surface area contributed by atoms with Crippen LogP contribution in [0.3, 0.4) is 0 Å². The summed E-state index contributed by atoms with van der Waals surface area (Å²) in [5.41, 5.74) is -0.696. The van der Waals surface area contributed by atoms with Gasteiger partial charge in [0.25, 0.3) is 11.6 Å². The Morgan fingerprint density at radius 1 is 1.46 bits per heavy atom. The fourth-order valence-electron chi connectivity index (χ4n) is 2.33. The number of nitrogens with zero attached hydrogens (tertiary/aromatic N) is 2. The average molecular weight is 347 g/mol. The molecule has 8 nitrogen and oxygen atoms in total. The number of phenolic OH excluding ortho intramolecular Hbond substituents is 1. The van der Waals surface area contributed by atoms with E-state index in [4.69, 9.17) is 0 Å². The predicted octanol–water partition coefficient (Wildman–Crippen LogP) is 1.19. The van der Waals surface area contributed by atoms with Crippen LogP contribution in [-0.4, -0.2) is 52.1 Å². The molecule has 2 N–H and O–H groups in total. The summed E-state index contributed by atoms with van der Waals surface area (Å²) in [6.07, 6.45) is -4.83. The lowest BCUT2D eigenvalue weighted by molar-refractivity contribution is -0.384. The summed E-state index contributed by atoms with van der Waals surface area (Å²) in [4.78, 5) is 33.9. The first-order valence-corrected chi connectivity index (χ1v) is 6.69. The maximum Gasteiger partial charge on any atom is 0.406 e. The largest absolute Gasteiger partial charge is 0.507 e. The van der Waals surface area contributed by atoms with E-state index in [0.29, 0.717) is 4.90 Å². The van der Waals surface area contributed by atoms with E-state index in [0.717, 1.165) is 18.2 Å². The van der Waals surface area contributed by atoms with Gasteiger partial charge in [-0.1, -0.05) is 0 Å². The molecule has 1 aromatic rings. The van der Waals surface area contributed by atoms with Gasteiger partial charge in [0, 0.05) is 19.0 Å². The highest BCUT2D eigenvalue weighted by atomic mass is 19.4. The SMILES string of the molecule is O=C(N[C@@H]1CC(=O)N(CC(F)(F)F)C1)c1ccc([N+](=O)[O-])cc1O. The summed E-state index contributed by atoms with van der Waals surface area (Å²) in [6.45, 7) is -1.71. The molecule has 2 rings (SSSR count). The second-order valence-electron chi connectivity index (χ2n) is 5.22. The number of benzene rings is 1. The first kappa shape index (κ1) is 17.5. The van der Waals surface area contributed by atoms with Gasteiger partial charge in [0.1, 0.15) is 12.3 Å². The zero-order valence-electron chi connectivity index (χ0n) is 12.0. The molecule has 130 valence electrons. The monoisotopic (exact) mass is 347 g/mol. The third kappa shape index (κ3) is 4.12. The highest BCUT2D eigenvalue weighted by Gasteiger charge is 2.38. The van der Waals surface area contributed by atoms with Crippen LogP contribution in [0, 0.1) is 10.1 Å². The number of carbonyl (C=O) groups excluding carboxylic acids is 2.